The Bertz CT molecular complexity index is 589. The summed E-state index contributed by atoms with van der Waals surface area (Å²) >= 11 is 5.91. The molecule has 1 fully saturated rings. The van der Waals surface area contributed by atoms with Crippen LogP contribution in [0.4, 0.5) is 0 Å². The number of hydrogen-bond acceptors (Lipinski definition) is 4. The number of carbonyl (C=O) groups excluding carboxylic acids is 2. The summed E-state index contributed by atoms with van der Waals surface area (Å²) in [5, 5.41) is 0.657. The Balaban J connectivity index is 1.62. The summed E-state index contributed by atoms with van der Waals surface area (Å²) in [6.45, 7) is 5.79. The fourth-order valence-corrected chi connectivity index (χ4v) is 2.94. The van der Waals surface area contributed by atoms with Crippen molar-refractivity contribution in [2.75, 3.05) is 52.9 Å². The van der Waals surface area contributed by atoms with Gasteiger partial charge in [-0.15, -0.1) is 0 Å². The summed E-state index contributed by atoms with van der Waals surface area (Å²) in [5.41, 5.74) is 0. The first-order valence-corrected chi connectivity index (χ1v) is 8.93. The zero-order valence-electron chi connectivity index (χ0n) is 14.9. The summed E-state index contributed by atoms with van der Waals surface area (Å²) in [7, 11) is 1.93. The average Bonchev–Trinajstić information content (AvgIpc) is 2.59. The monoisotopic (exact) mass is 367 g/mol. The summed E-state index contributed by atoms with van der Waals surface area (Å²) in [5.74, 6) is 0.944. The molecule has 2 amide bonds. The van der Waals surface area contributed by atoms with Crippen LogP contribution in [0.1, 0.15) is 13.3 Å². The lowest BCUT2D eigenvalue weighted by Crippen LogP contribution is -2.52. The van der Waals surface area contributed by atoms with Gasteiger partial charge in [0.05, 0.1) is 13.2 Å². The van der Waals surface area contributed by atoms with Crippen molar-refractivity contribution < 1.29 is 14.3 Å². The largest absolute Gasteiger partial charge is 0.493 e. The van der Waals surface area contributed by atoms with Crippen molar-refractivity contribution in [3.63, 3.8) is 0 Å². The molecule has 1 aliphatic rings. The molecule has 2 rings (SSSR count). The maximum Gasteiger partial charge on any atom is 0.236 e. The quantitative estimate of drug-likeness (QED) is 0.689. The fraction of sp³-hybridized carbons (Fsp3) is 0.556. The average molecular weight is 368 g/mol. The molecule has 0 radical (unpaired) electrons. The molecule has 7 heteroatoms. The minimum atomic E-state index is 0.0731. The molecule has 1 saturated heterocycles. The van der Waals surface area contributed by atoms with Crippen LogP contribution >= 0.6 is 11.6 Å². The Kier molecular flexibility index (Phi) is 7.52. The van der Waals surface area contributed by atoms with E-state index in [0.29, 0.717) is 44.4 Å². The molecular weight excluding hydrogens is 342 g/mol. The van der Waals surface area contributed by atoms with Crippen LogP contribution in [0.15, 0.2) is 24.3 Å². The molecule has 0 spiro atoms. The first-order valence-electron chi connectivity index (χ1n) is 8.56. The first-order chi connectivity index (χ1) is 12.0. The first kappa shape index (κ1) is 19.5. The molecule has 6 nitrogen and oxygen atoms in total. The van der Waals surface area contributed by atoms with Gasteiger partial charge >= 0.3 is 0 Å². The lowest BCUT2D eigenvalue weighted by molar-refractivity contribution is -0.139. The number of hydrogen-bond donors (Lipinski definition) is 0. The molecule has 1 heterocycles. The predicted molar refractivity (Wildman–Crippen MR) is 97.9 cm³/mol. The smallest absolute Gasteiger partial charge is 0.236 e. The standard InChI is InChI=1S/C18H26ClN3O3/c1-15(23)21-8-10-22(11-9-21)18(24)14-20(2)7-4-12-25-17-6-3-5-16(19)13-17/h3,5-6,13H,4,7-12,14H2,1-2H3. The molecule has 1 aliphatic heterocycles. The number of likely N-dealkylation sites (N-methyl/N-ethyl adjacent to an activating group) is 1. The van der Waals surface area contributed by atoms with Gasteiger partial charge in [-0.25, -0.2) is 0 Å². The highest BCUT2D eigenvalue weighted by Crippen LogP contribution is 2.17. The molecule has 0 aromatic heterocycles. The Morgan fingerprint density at radius 3 is 2.52 bits per heavy atom. The van der Waals surface area contributed by atoms with Crippen LogP contribution in [0.2, 0.25) is 5.02 Å². The van der Waals surface area contributed by atoms with Gasteiger partial charge in [0, 0.05) is 44.7 Å². The Labute approximate surface area is 154 Å². The second-order valence-electron chi connectivity index (χ2n) is 6.28. The Morgan fingerprint density at radius 2 is 1.88 bits per heavy atom. The third-order valence-electron chi connectivity index (χ3n) is 4.23. The van der Waals surface area contributed by atoms with E-state index in [1.165, 1.54) is 0 Å². The van der Waals surface area contributed by atoms with Crippen molar-refractivity contribution in [1.82, 2.24) is 14.7 Å². The van der Waals surface area contributed by atoms with E-state index < -0.39 is 0 Å². The maximum absolute atomic E-state index is 12.3. The van der Waals surface area contributed by atoms with Gasteiger partial charge in [0.15, 0.2) is 0 Å². The molecule has 0 aliphatic carbocycles. The van der Waals surface area contributed by atoms with E-state index in [2.05, 4.69) is 0 Å². The number of piperazine rings is 1. The number of rotatable bonds is 7. The molecule has 0 saturated carbocycles. The Morgan fingerprint density at radius 1 is 1.20 bits per heavy atom. The second-order valence-corrected chi connectivity index (χ2v) is 6.72. The minimum absolute atomic E-state index is 0.0731. The molecule has 0 unspecified atom stereocenters. The van der Waals surface area contributed by atoms with Crippen molar-refractivity contribution >= 4 is 23.4 Å². The number of carbonyl (C=O) groups is 2. The summed E-state index contributed by atoms with van der Waals surface area (Å²) < 4.78 is 5.65. The van der Waals surface area contributed by atoms with E-state index in [0.717, 1.165) is 18.7 Å². The van der Waals surface area contributed by atoms with E-state index in [-0.39, 0.29) is 11.8 Å². The third kappa shape index (κ3) is 6.55. The van der Waals surface area contributed by atoms with Gasteiger partial charge in [0.25, 0.3) is 0 Å². The van der Waals surface area contributed by atoms with Gasteiger partial charge in [-0.05, 0) is 31.7 Å². The molecule has 1 aromatic rings. The van der Waals surface area contributed by atoms with E-state index >= 15 is 0 Å². The van der Waals surface area contributed by atoms with Crippen LogP contribution in [0.5, 0.6) is 5.75 Å². The lowest BCUT2D eigenvalue weighted by atomic mass is 10.3. The van der Waals surface area contributed by atoms with Crippen molar-refractivity contribution in [3.05, 3.63) is 29.3 Å². The number of benzene rings is 1. The van der Waals surface area contributed by atoms with Crippen molar-refractivity contribution in [2.24, 2.45) is 0 Å². The van der Waals surface area contributed by atoms with Gasteiger partial charge < -0.3 is 14.5 Å². The van der Waals surface area contributed by atoms with E-state index in [1.54, 1.807) is 17.9 Å². The van der Waals surface area contributed by atoms with Gasteiger partial charge in [0.2, 0.25) is 11.8 Å². The topological polar surface area (TPSA) is 53.1 Å². The highest BCUT2D eigenvalue weighted by Gasteiger charge is 2.22. The van der Waals surface area contributed by atoms with Crippen molar-refractivity contribution in [1.29, 1.82) is 0 Å². The summed E-state index contributed by atoms with van der Waals surface area (Å²) in [4.78, 5) is 29.2. The second kappa shape index (κ2) is 9.63. The molecule has 0 bridgehead atoms. The minimum Gasteiger partial charge on any atom is -0.493 e. The van der Waals surface area contributed by atoms with Gasteiger partial charge in [0.1, 0.15) is 5.75 Å². The van der Waals surface area contributed by atoms with Crippen molar-refractivity contribution in [3.8, 4) is 5.75 Å². The number of amides is 2. The molecular formula is C18H26ClN3O3. The van der Waals surface area contributed by atoms with Gasteiger partial charge in [-0.3, -0.25) is 14.5 Å². The third-order valence-corrected chi connectivity index (χ3v) is 4.47. The normalized spacial score (nSPS) is 14.7. The lowest BCUT2D eigenvalue weighted by Gasteiger charge is -2.35. The molecule has 138 valence electrons. The predicted octanol–water partition coefficient (Wildman–Crippen LogP) is 1.73. The van der Waals surface area contributed by atoms with Crippen LogP contribution in [-0.4, -0.2) is 79.4 Å². The van der Waals surface area contributed by atoms with Crippen LogP contribution < -0.4 is 4.74 Å². The van der Waals surface area contributed by atoms with Crippen LogP contribution in [-0.2, 0) is 9.59 Å². The van der Waals surface area contributed by atoms with Crippen molar-refractivity contribution in [2.45, 2.75) is 13.3 Å². The zero-order chi connectivity index (χ0) is 18.2. The molecule has 25 heavy (non-hydrogen) atoms. The van der Waals surface area contributed by atoms with E-state index in [4.69, 9.17) is 16.3 Å². The highest BCUT2D eigenvalue weighted by molar-refractivity contribution is 6.30. The molecule has 0 N–H and O–H groups in total. The zero-order valence-corrected chi connectivity index (χ0v) is 15.7. The van der Waals surface area contributed by atoms with E-state index in [1.807, 2.05) is 35.0 Å². The summed E-state index contributed by atoms with van der Waals surface area (Å²) in [6.07, 6.45) is 0.828. The molecule has 1 aromatic carbocycles. The van der Waals surface area contributed by atoms with Crippen LogP contribution in [0.25, 0.3) is 0 Å². The number of halogens is 1. The SMILES string of the molecule is CC(=O)N1CCN(C(=O)CN(C)CCCOc2cccc(Cl)c2)CC1. The maximum atomic E-state index is 12.3. The van der Waals surface area contributed by atoms with Gasteiger partial charge in [-0.2, -0.15) is 0 Å². The highest BCUT2D eigenvalue weighted by atomic mass is 35.5. The van der Waals surface area contributed by atoms with Gasteiger partial charge in [-0.1, -0.05) is 17.7 Å². The summed E-state index contributed by atoms with van der Waals surface area (Å²) in [6, 6.07) is 7.33. The van der Waals surface area contributed by atoms with Crippen LogP contribution in [0, 0.1) is 0 Å². The number of nitrogens with zero attached hydrogens (tertiary/aromatic N) is 3. The fourth-order valence-electron chi connectivity index (χ4n) is 2.76. The number of ether oxygens (including phenoxy) is 1. The Hall–Kier alpha value is -1.79. The van der Waals surface area contributed by atoms with E-state index in [9.17, 15) is 9.59 Å². The molecule has 0 atom stereocenters. The van der Waals surface area contributed by atoms with Crippen LogP contribution in [0.3, 0.4) is 0 Å².